The third-order valence-electron chi connectivity index (χ3n) is 1.76. The number of aliphatic hydroxyl groups is 2. The molecular weight excluding hydrogens is 228 g/mol. The first kappa shape index (κ1) is 12.5. The van der Waals surface area contributed by atoms with Crippen molar-refractivity contribution < 1.29 is 28.6 Å². The van der Waals surface area contributed by atoms with Crippen LogP contribution in [-0.2, 0) is 14.9 Å². The SMILES string of the molecule is O=S(=O)(NO)NC1C=C[C@H](O)[C@@H](CO)O1. The Labute approximate surface area is 86.3 Å². The summed E-state index contributed by atoms with van der Waals surface area (Å²) in [5.74, 6) is 0. The molecule has 0 fully saturated rings. The summed E-state index contributed by atoms with van der Waals surface area (Å²) in [5, 5.41) is 26.2. The summed E-state index contributed by atoms with van der Waals surface area (Å²) in [6.45, 7) is -0.448. The summed E-state index contributed by atoms with van der Waals surface area (Å²) in [6, 6.07) is 0. The Bertz CT molecular complexity index is 329. The molecule has 0 saturated carbocycles. The van der Waals surface area contributed by atoms with Gasteiger partial charge in [0.25, 0.3) is 0 Å². The first-order valence-corrected chi connectivity index (χ1v) is 5.52. The van der Waals surface area contributed by atoms with Crippen LogP contribution in [-0.4, -0.2) is 48.9 Å². The zero-order chi connectivity index (χ0) is 11.5. The number of nitrogens with one attached hydrogen (secondary N) is 2. The predicted octanol–water partition coefficient (Wildman–Crippen LogP) is -2.57. The topological polar surface area (TPSA) is 128 Å². The number of rotatable bonds is 4. The van der Waals surface area contributed by atoms with Gasteiger partial charge < -0.3 is 20.2 Å². The quantitative estimate of drug-likeness (QED) is 0.271. The summed E-state index contributed by atoms with van der Waals surface area (Å²) in [7, 11) is -4.05. The fraction of sp³-hybridized carbons (Fsp3) is 0.667. The number of hydrogen-bond acceptors (Lipinski definition) is 6. The fourth-order valence-electron chi connectivity index (χ4n) is 1.05. The molecule has 0 aromatic rings. The van der Waals surface area contributed by atoms with Gasteiger partial charge in [0.1, 0.15) is 18.4 Å². The predicted molar refractivity (Wildman–Crippen MR) is 47.9 cm³/mol. The molecule has 9 heteroatoms. The van der Waals surface area contributed by atoms with Gasteiger partial charge in [-0.1, -0.05) is 11.0 Å². The van der Waals surface area contributed by atoms with Crippen LogP contribution in [0.5, 0.6) is 0 Å². The van der Waals surface area contributed by atoms with E-state index in [1.54, 1.807) is 0 Å². The minimum Gasteiger partial charge on any atom is -0.394 e. The Morgan fingerprint density at radius 1 is 1.40 bits per heavy atom. The van der Waals surface area contributed by atoms with E-state index in [1.807, 2.05) is 4.72 Å². The summed E-state index contributed by atoms with van der Waals surface area (Å²) >= 11 is 0. The number of hydrogen-bond donors (Lipinski definition) is 5. The average molecular weight is 240 g/mol. The zero-order valence-corrected chi connectivity index (χ0v) is 8.38. The Kier molecular flexibility index (Phi) is 4.16. The number of aliphatic hydroxyl groups excluding tert-OH is 2. The van der Waals surface area contributed by atoms with Gasteiger partial charge in [0.05, 0.1) is 6.61 Å². The molecule has 5 N–H and O–H groups in total. The maximum absolute atomic E-state index is 10.8. The molecule has 3 atom stereocenters. The second-order valence-corrected chi connectivity index (χ2v) is 4.29. The van der Waals surface area contributed by atoms with E-state index in [2.05, 4.69) is 0 Å². The van der Waals surface area contributed by atoms with Gasteiger partial charge in [-0.15, -0.1) is 0 Å². The van der Waals surface area contributed by atoms with Crippen LogP contribution in [0.1, 0.15) is 0 Å². The third kappa shape index (κ3) is 3.50. The molecule has 0 aliphatic carbocycles. The molecule has 15 heavy (non-hydrogen) atoms. The van der Waals surface area contributed by atoms with Gasteiger partial charge >= 0.3 is 10.2 Å². The molecule has 0 aromatic carbocycles. The van der Waals surface area contributed by atoms with Crippen molar-refractivity contribution in [3.8, 4) is 0 Å². The van der Waals surface area contributed by atoms with E-state index >= 15 is 0 Å². The molecule has 1 aliphatic rings. The van der Waals surface area contributed by atoms with Crippen molar-refractivity contribution in [2.75, 3.05) is 6.61 Å². The molecule has 0 radical (unpaired) electrons. The van der Waals surface area contributed by atoms with Crippen LogP contribution >= 0.6 is 0 Å². The molecule has 88 valence electrons. The normalized spacial score (nSPS) is 31.8. The van der Waals surface area contributed by atoms with Crippen LogP contribution in [0.4, 0.5) is 0 Å². The van der Waals surface area contributed by atoms with Crippen molar-refractivity contribution in [1.29, 1.82) is 0 Å². The molecule has 1 aliphatic heterocycles. The van der Waals surface area contributed by atoms with E-state index in [0.717, 1.165) is 4.89 Å². The molecule has 0 bridgehead atoms. The molecule has 0 aromatic heterocycles. The van der Waals surface area contributed by atoms with Crippen LogP contribution in [0.2, 0.25) is 0 Å². The molecule has 1 unspecified atom stereocenters. The fourth-order valence-corrected chi connectivity index (χ4v) is 1.54. The van der Waals surface area contributed by atoms with Gasteiger partial charge in [-0.2, -0.15) is 13.1 Å². The maximum Gasteiger partial charge on any atom is 0.301 e. The first-order valence-electron chi connectivity index (χ1n) is 4.04. The number of ether oxygens (including phenoxy) is 1. The zero-order valence-electron chi connectivity index (χ0n) is 7.57. The van der Waals surface area contributed by atoms with E-state index < -0.39 is 35.3 Å². The minimum atomic E-state index is -4.05. The Morgan fingerprint density at radius 2 is 2.07 bits per heavy atom. The highest BCUT2D eigenvalue weighted by molar-refractivity contribution is 7.87. The van der Waals surface area contributed by atoms with E-state index in [-0.39, 0.29) is 0 Å². The second kappa shape index (κ2) is 4.99. The highest BCUT2D eigenvalue weighted by Crippen LogP contribution is 2.11. The monoisotopic (exact) mass is 240 g/mol. The molecular formula is C6H12N2O6S. The van der Waals surface area contributed by atoms with Crippen molar-refractivity contribution in [3.63, 3.8) is 0 Å². The molecule has 0 spiro atoms. The highest BCUT2D eigenvalue weighted by Gasteiger charge is 2.27. The Balaban J connectivity index is 2.63. The van der Waals surface area contributed by atoms with Gasteiger partial charge in [-0.25, -0.2) is 0 Å². The van der Waals surface area contributed by atoms with E-state index in [4.69, 9.17) is 15.1 Å². The average Bonchev–Trinajstić information content (AvgIpc) is 2.20. The van der Waals surface area contributed by atoms with Crippen molar-refractivity contribution >= 4 is 10.2 Å². The standard InChI is InChI=1S/C6H12N2O6S/c9-3-5-4(10)1-2-6(14-5)7-15(12,13)8-11/h1-2,4-11H,3H2/t4-,5+,6?/m0/s1. The van der Waals surface area contributed by atoms with Crippen LogP contribution in [0, 0.1) is 0 Å². The van der Waals surface area contributed by atoms with Crippen LogP contribution in [0.25, 0.3) is 0 Å². The van der Waals surface area contributed by atoms with Crippen molar-refractivity contribution in [2.45, 2.75) is 18.4 Å². The van der Waals surface area contributed by atoms with Gasteiger partial charge in [-0.05, 0) is 6.08 Å². The lowest BCUT2D eigenvalue weighted by atomic mass is 10.1. The molecule has 0 saturated heterocycles. The van der Waals surface area contributed by atoms with Crippen molar-refractivity contribution in [1.82, 2.24) is 9.61 Å². The van der Waals surface area contributed by atoms with Gasteiger partial charge in [0.15, 0.2) is 0 Å². The van der Waals surface area contributed by atoms with Crippen LogP contribution < -0.4 is 9.61 Å². The second-order valence-electron chi connectivity index (χ2n) is 2.87. The van der Waals surface area contributed by atoms with Gasteiger partial charge in [0.2, 0.25) is 0 Å². The first-order chi connectivity index (χ1) is 6.98. The largest absolute Gasteiger partial charge is 0.394 e. The molecule has 1 rings (SSSR count). The van der Waals surface area contributed by atoms with E-state index in [1.165, 1.54) is 12.2 Å². The third-order valence-corrected chi connectivity index (χ3v) is 2.54. The summed E-state index contributed by atoms with van der Waals surface area (Å²) in [4.78, 5) is 1.05. The highest BCUT2D eigenvalue weighted by atomic mass is 32.2. The molecule has 0 amide bonds. The van der Waals surface area contributed by atoms with E-state index in [9.17, 15) is 13.5 Å². The maximum atomic E-state index is 10.8. The van der Waals surface area contributed by atoms with Crippen molar-refractivity contribution in [2.24, 2.45) is 0 Å². The van der Waals surface area contributed by atoms with Gasteiger partial charge in [-0.3, -0.25) is 0 Å². The Hall–Kier alpha value is -0.550. The molecule has 1 heterocycles. The Morgan fingerprint density at radius 3 is 2.60 bits per heavy atom. The summed E-state index contributed by atoms with van der Waals surface area (Å²) in [5.41, 5.74) is 0. The summed E-state index contributed by atoms with van der Waals surface area (Å²) < 4.78 is 28.5. The van der Waals surface area contributed by atoms with Crippen molar-refractivity contribution in [3.05, 3.63) is 12.2 Å². The molecule has 8 nitrogen and oxygen atoms in total. The minimum absolute atomic E-state index is 0.448. The smallest absolute Gasteiger partial charge is 0.301 e. The van der Waals surface area contributed by atoms with Gasteiger partial charge in [0, 0.05) is 0 Å². The lowest BCUT2D eigenvalue weighted by Crippen LogP contribution is -2.48. The van der Waals surface area contributed by atoms with E-state index in [0.29, 0.717) is 0 Å². The van der Waals surface area contributed by atoms with Crippen LogP contribution in [0.15, 0.2) is 12.2 Å². The lowest BCUT2D eigenvalue weighted by Gasteiger charge is -2.28. The van der Waals surface area contributed by atoms with Crippen LogP contribution in [0.3, 0.4) is 0 Å². The summed E-state index contributed by atoms with van der Waals surface area (Å²) in [6.07, 6.45) is -0.393. The lowest BCUT2D eigenvalue weighted by molar-refractivity contribution is -0.0823.